The third-order valence-electron chi connectivity index (χ3n) is 9.80. The van der Waals surface area contributed by atoms with Crippen molar-refractivity contribution in [2.24, 2.45) is 16.6 Å². The van der Waals surface area contributed by atoms with Crippen molar-refractivity contribution in [3.05, 3.63) is 64.2 Å². The molecule has 3 aliphatic rings. The molecule has 2 bridgehead atoms. The number of carbonyl (C=O) groups is 4. The molecule has 15 heteroatoms. The number of ketones is 1. The average molecular weight is 768 g/mol. The Hall–Kier alpha value is -4.92. The predicted molar refractivity (Wildman–Crippen MR) is 204 cm³/mol. The second-order valence-corrected chi connectivity index (χ2v) is 16.1. The van der Waals surface area contributed by atoms with Crippen molar-refractivity contribution in [3.8, 4) is 11.5 Å². The highest BCUT2D eigenvalue weighted by Gasteiger charge is 2.34. The maximum atomic E-state index is 13.7. The van der Waals surface area contributed by atoms with E-state index in [0.717, 1.165) is 28.9 Å². The van der Waals surface area contributed by atoms with Crippen LogP contribution in [0.3, 0.4) is 0 Å². The molecule has 54 heavy (non-hydrogen) atoms. The predicted octanol–water partition coefficient (Wildman–Crippen LogP) is 3.41. The number of benzene rings is 2. The van der Waals surface area contributed by atoms with E-state index in [2.05, 4.69) is 20.3 Å². The Kier molecular flexibility index (Phi) is 13.9. The van der Waals surface area contributed by atoms with Gasteiger partial charge >= 0.3 is 5.97 Å². The number of esters is 1. The number of guanidine groups is 1. The Morgan fingerprint density at radius 3 is 2.43 bits per heavy atom. The van der Waals surface area contributed by atoms with Crippen LogP contribution in [0.25, 0.3) is 0 Å². The van der Waals surface area contributed by atoms with Crippen molar-refractivity contribution < 1.29 is 41.8 Å². The van der Waals surface area contributed by atoms with Crippen molar-refractivity contribution in [2.75, 3.05) is 20.3 Å². The smallest absolute Gasteiger partial charge is 0.328 e. The minimum atomic E-state index is -4.13. The van der Waals surface area contributed by atoms with E-state index >= 15 is 0 Å². The van der Waals surface area contributed by atoms with Gasteiger partial charge in [0.15, 0.2) is 5.78 Å². The summed E-state index contributed by atoms with van der Waals surface area (Å²) in [5.74, 6) is -1.93. The van der Waals surface area contributed by atoms with Gasteiger partial charge in [-0.25, -0.2) is 17.9 Å². The number of sulfonamides is 1. The average Bonchev–Trinajstić information content (AvgIpc) is 3.10. The summed E-state index contributed by atoms with van der Waals surface area (Å²) in [5, 5.41) is 5.42. The molecule has 14 nitrogen and oxygen atoms in total. The second-order valence-electron chi connectivity index (χ2n) is 14.5. The number of nitrogens with zero attached hydrogens (tertiary/aromatic N) is 1. The summed E-state index contributed by atoms with van der Waals surface area (Å²) in [5.41, 5.74) is 9.26. The molecule has 5 rings (SSSR count). The fourth-order valence-corrected chi connectivity index (χ4v) is 8.28. The molecule has 0 saturated heterocycles. The summed E-state index contributed by atoms with van der Waals surface area (Å²) in [6.45, 7) is 10.9. The number of rotatable bonds is 8. The second kappa shape index (κ2) is 17.9. The number of aliphatic imine (C=N–C) groups is 1. The molecule has 0 radical (unpaired) electrons. The van der Waals surface area contributed by atoms with Crippen molar-refractivity contribution >= 4 is 39.5 Å². The quantitative estimate of drug-likeness (QED) is 0.101. The van der Waals surface area contributed by atoms with Crippen LogP contribution in [-0.4, -0.2) is 75.9 Å². The van der Waals surface area contributed by atoms with Gasteiger partial charge < -0.3 is 30.6 Å². The summed E-state index contributed by atoms with van der Waals surface area (Å²) < 4.78 is 46.6. The Balaban J connectivity index is 1.53. The first kappa shape index (κ1) is 41.8. The van der Waals surface area contributed by atoms with E-state index in [-0.39, 0.29) is 67.5 Å². The number of hydrogen-bond acceptors (Lipinski definition) is 10. The monoisotopic (exact) mass is 767 g/mol. The Labute approximate surface area is 317 Å². The van der Waals surface area contributed by atoms with Gasteiger partial charge in [0.05, 0.1) is 18.0 Å². The fourth-order valence-electron chi connectivity index (χ4n) is 6.76. The minimum Gasteiger partial charge on any atom is -0.490 e. The number of methoxy groups -OCH3 is 1. The van der Waals surface area contributed by atoms with Gasteiger partial charge in [-0.3, -0.25) is 19.4 Å². The normalized spacial score (nSPS) is 20.8. The summed E-state index contributed by atoms with van der Waals surface area (Å²) in [7, 11) is -2.91. The molecule has 0 unspecified atom stereocenters. The molecule has 2 aromatic carbocycles. The first-order valence-corrected chi connectivity index (χ1v) is 19.6. The van der Waals surface area contributed by atoms with Gasteiger partial charge in [0, 0.05) is 25.8 Å². The summed E-state index contributed by atoms with van der Waals surface area (Å²) in [6.07, 6.45) is 5.26. The standard InChI is InChI=1S/C39H53N5O9S/c1-23-24(2)35(25(3)30-17-18-39(5,6)53-34(23)30)54(49,50)44-38(40)41-19-10-11-28-22-33(46)32(42-26(4)45)21-27-13-15-29(16-14-27)52-20-9-8-12-31(37(48)51-7)43-36(28)47/h8-9,13-16,28,31-32H,10-12,17-22H2,1-7H3,(H,42,45)(H,43,47)(H3,40,41,44)/t28-,31-,32+/m1/s1. The lowest BCUT2D eigenvalue weighted by molar-refractivity contribution is -0.145. The van der Waals surface area contributed by atoms with Gasteiger partial charge in [-0.1, -0.05) is 24.3 Å². The summed E-state index contributed by atoms with van der Waals surface area (Å²) in [4.78, 5) is 56.5. The van der Waals surface area contributed by atoms with Crippen LogP contribution < -0.4 is 30.6 Å². The molecule has 0 aromatic heterocycles. The highest BCUT2D eigenvalue weighted by Crippen LogP contribution is 2.42. The van der Waals surface area contributed by atoms with Crippen LogP contribution in [0.2, 0.25) is 0 Å². The van der Waals surface area contributed by atoms with E-state index in [4.69, 9.17) is 19.9 Å². The van der Waals surface area contributed by atoms with E-state index in [1.54, 1.807) is 50.3 Å². The molecule has 0 fully saturated rings. The fraction of sp³-hybridized carbons (Fsp3) is 0.513. The van der Waals surface area contributed by atoms with Gasteiger partial charge in [0.1, 0.15) is 29.7 Å². The van der Waals surface area contributed by atoms with Crippen LogP contribution in [0.15, 0.2) is 46.3 Å². The maximum absolute atomic E-state index is 13.7. The van der Waals surface area contributed by atoms with Crippen molar-refractivity contribution in [1.29, 1.82) is 0 Å². The van der Waals surface area contributed by atoms with Gasteiger partial charge in [0.25, 0.3) is 10.0 Å². The number of amides is 2. The SMILES string of the molecule is COC(=O)[C@H]1CC=CCOc2ccc(cc2)C[C@H](NC(C)=O)C(=O)C[C@@H](CCCN=C(N)NS(=O)(=O)c2c(C)c(C)c3c(c2C)CCC(C)(C)O3)C(=O)N1. The first-order valence-electron chi connectivity index (χ1n) is 18.1. The van der Waals surface area contributed by atoms with Crippen LogP contribution >= 0.6 is 0 Å². The van der Waals surface area contributed by atoms with Gasteiger partial charge in [0.2, 0.25) is 17.8 Å². The van der Waals surface area contributed by atoms with Crippen LogP contribution in [0.1, 0.15) is 80.7 Å². The number of hydrogen-bond donors (Lipinski definition) is 4. The molecular weight excluding hydrogens is 715 g/mol. The van der Waals surface area contributed by atoms with Crippen LogP contribution in [0.4, 0.5) is 0 Å². The lowest BCUT2D eigenvalue weighted by atomic mass is 9.88. The van der Waals surface area contributed by atoms with Crippen LogP contribution in [0, 0.1) is 26.7 Å². The summed E-state index contributed by atoms with van der Waals surface area (Å²) >= 11 is 0. The van der Waals surface area contributed by atoms with Gasteiger partial charge in [-0.15, -0.1) is 0 Å². The Morgan fingerprint density at radius 2 is 1.76 bits per heavy atom. The molecule has 3 atom stereocenters. The number of carbonyl (C=O) groups excluding carboxylic acids is 4. The number of nitrogens with two attached hydrogens (primary N) is 1. The molecule has 0 saturated carbocycles. The molecule has 0 spiro atoms. The molecule has 3 heterocycles. The van der Waals surface area contributed by atoms with Crippen LogP contribution in [-0.2, 0) is 46.8 Å². The Morgan fingerprint density at radius 1 is 1.06 bits per heavy atom. The number of Topliss-reactive ketones (excluding diaryl/α,β-unsaturated/α-hetero) is 1. The zero-order valence-electron chi connectivity index (χ0n) is 32.2. The number of fused-ring (bicyclic) bond motifs is 14. The van der Waals surface area contributed by atoms with E-state index in [9.17, 15) is 27.6 Å². The van der Waals surface area contributed by atoms with Crippen molar-refractivity contribution in [1.82, 2.24) is 15.4 Å². The largest absolute Gasteiger partial charge is 0.490 e. The molecule has 2 amide bonds. The summed E-state index contributed by atoms with van der Waals surface area (Å²) in [6, 6.07) is 5.19. The van der Waals surface area contributed by atoms with E-state index in [1.165, 1.54) is 14.0 Å². The topological polar surface area (TPSA) is 205 Å². The zero-order valence-corrected chi connectivity index (χ0v) is 33.0. The van der Waals surface area contributed by atoms with Gasteiger partial charge in [-0.05, 0) is 113 Å². The van der Waals surface area contributed by atoms with Crippen LogP contribution in [0.5, 0.6) is 11.5 Å². The van der Waals surface area contributed by atoms with E-state index in [0.29, 0.717) is 23.3 Å². The third kappa shape index (κ3) is 10.8. The lowest BCUT2D eigenvalue weighted by Crippen LogP contribution is -2.46. The zero-order chi connectivity index (χ0) is 39.8. The Bertz CT molecular complexity index is 1910. The highest BCUT2D eigenvalue weighted by atomic mass is 32.2. The first-order chi connectivity index (χ1) is 25.4. The number of nitrogens with one attached hydrogen (secondary N) is 3. The molecule has 0 aliphatic carbocycles. The van der Waals surface area contributed by atoms with Gasteiger partial charge in [-0.2, -0.15) is 0 Å². The molecular formula is C39H53N5O9S. The van der Waals surface area contributed by atoms with Crippen molar-refractivity contribution in [3.63, 3.8) is 0 Å². The molecule has 3 aliphatic heterocycles. The van der Waals surface area contributed by atoms with E-state index < -0.39 is 45.8 Å². The molecule has 2 aromatic rings. The molecule has 294 valence electrons. The maximum Gasteiger partial charge on any atom is 0.328 e. The third-order valence-corrected chi connectivity index (χ3v) is 11.4. The van der Waals surface area contributed by atoms with Crippen molar-refractivity contribution in [2.45, 2.75) is 109 Å². The number of ether oxygens (including phenoxy) is 3. The van der Waals surface area contributed by atoms with E-state index in [1.807, 2.05) is 20.8 Å². The molecule has 5 N–H and O–H groups in total. The lowest BCUT2D eigenvalue weighted by Gasteiger charge is -2.35. The minimum absolute atomic E-state index is 0.0288. The highest BCUT2D eigenvalue weighted by molar-refractivity contribution is 7.90.